The molecule has 98 valence electrons. The van der Waals surface area contributed by atoms with Crippen molar-refractivity contribution in [3.63, 3.8) is 0 Å². The van der Waals surface area contributed by atoms with E-state index in [1.165, 1.54) is 0 Å². The number of hydrogen-bond acceptors (Lipinski definition) is 4. The van der Waals surface area contributed by atoms with Crippen LogP contribution in [0.15, 0.2) is 11.7 Å². The smallest absolute Gasteiger partial charge is 0.223 e. The molecule has 1 N–H and O–H groups in total. The van der Waals surface area contributed by atoms with E-state index in [9.17, 15) is 4.79 Å². The number of thiazole rings is 1. The minimum Gasteiger partial charge on any atom is -0.355 e. The number of nitrogens with one attached hydrogen (secondary N) is 1. The fourth-order valence-electron chi connectivity index (χ4n) is 1.98. The molecule has 0 radical (unpaired) electrons. The van der Waals surface area contributed by atoms with Crippen LogP contribution in [0.1, 0.15) is 32.4 Å². The van der Waals surface area contributed by atoms with Crippen LogP contribution in [-0.2, 0) is 11.2 Å². The molecular weight excluding hydrogens is 248 g/mol. The molecule has 0 fully saturated rings. The first-order valence-electron chi connectivity index (χ1n) is 6.30. The standard InChI is InChI=1S/C12H18N4OS/c1-3-9(4-2)11(17)13-6-5-10-7-18-12-15-14-8-16(10)12/h7-9H,3-6H2,1-2H3,(H,13,17). The Morgan fingerprint density at radius 2 is 2.28 bits per heavy atom. The molecule has 6 heteroatoms. The van der Waals surface area contributed by atoms with Crippen molar-refractivity contribution in [2.45, 2.75) is 33.1 Å². The highest BCUT2D eigenvalue weighted by Crippen LogP contribution is 2.13. The molecule has 18 heavy (non-hydrogen) atoms. The van der Waals surface area contributed by atoms with Crippen LogP contribution in [0.2, 0.25) is 0 Å². The zero-order chi connectivity index (χ0) is 13.0. The number of carbonyl (C=O) groups excluding carboxylic acids is 1. The maximum absolute atomic E-state index is 11.8. The van der Waals surface area contributed by atoms with E-state index in [1.807, 2.05) is 18.2 Å². The van der Waals surface area contributed by atoms with Crippen molar-refractivity contribution in [2.75, 3.05) is 6.54 Å². The zero-order valence-corrected chi connectivity index (χ0v) is 11.5. The number of carbonyl (C=O) groups is 1. The summed E-state index contributed by atoms with van der Waals surface area (Å²) in [6.07, 6.45) is 4.32. The third-order valence-corrected chi connectivity index (χ3v) is 4.04. The van der Waals surface area contributed by atoms with Gasteiger partial charge in [-0.15, -0.1) is 21.5 Å². The molecule has 0 aromatic carbocycles. The molecule has 0 unspecified atom stereocenters. The van der Waals surface area contributed by atoms with E-state index in [0.29, 0.717) is 6.54 Å². The predicted molar refractivity (Wildman–Crippen MR) is 71.6 cm³/mol. The van der Waals surface area contributed by atoms with Crippen LogP contribution in [-0.4, -0.2) is 27.0 Å². The van der Waals surface area contributed by atoms with Gasteiger partial charge in [0, 0.05) is 30.0 Å². The second-order valence-electron chi connectivity index (χ2n) is 4.27. The summed E-state index contributed by atoms with van der Waals surface area (Å²) in [5.41, 5.74) is 1.14. The van der Waals surface area contributed by atoms with Crippen molar-refractivity contribution in [2.24, 2.45) is 5.92 Å². The molecule has 5 nitrogen and oxygen atoms in total. The third-order valence-electron chi connectivity index (χ3n) is 3.16. The molecule has 0 atom stereocenters. The maximum Gasteiger partial charge on any atom is 0.223 e. The summed E-state index contributed by atoms with van der Waals surface area (Å²) in [6, 6.07) is 0. The van der Waals surface area contributed by atoms with Crippen LogP contribution in [0.4, 0.5) is 0 Å². The quantitative estimate of drug-likeness (QED) is 0.868. The highest BCUT2D eigenvalue weighted by atomic mass is 32.1. The van der Waals surface area contributed by atoms with E-state index in [-0.39, 0.29) is 11.8 Å². The molecule has 0 saturated heterocycles. The van der Waals surface area contributed by atoms with Gasteiger partial charge in [-0.25, -0.2) is 0 Å². The van der Waals surface area contributed by atoms with E-state index in [1.54, 1.807) is 17.7 Å². The number of nitrogens with zero attached hydrogens (tertiary/aromatic N) is 3. The number of amides is 1. The molecule has 0 spiro atoms. The second-order valence-corrected chi connectivity index (χ2v) is 5.10. The Bertz CT molecular complexity index is 515. The highest BCUT2D eigenvalue weighted by molar-refractivity contribution is 7.15. The fraction of sp³-hybridized carbons (Fsp3) is 0.583. The summed E-state index contributed by atoms with van der Waals surface area (Å²) in [5, 5.41) is 12.9. The summed E-state index contributed by atoms with van der Waals surface area (Å²) in [6.45, 7) is 4.76. The van der Waals surface area contributed by atoms with Crippen LogP contribution in [0.3, 0.4) is 0 Å². The molecule has 2 aromatic rings. The minimum atomic E-state index is 0.141. The number of hydrogen-bond donors (Lipinski definition) is 1. The van der Waals surface area contributed by atoms with Gasteiger partial charge in [-0.05, 0) is 12.8 Å². The van der Waals surface area contributed by atoms with E-state index in [2.05, 4.69) is 20.9 Å². The fourth-order valence-corrected chi connectivity index (χ4v) is 2.82. The molecule has 0 bridgehead atoms. The van der Waals surface area contributed by atoms with Gasteiger partial charge in [0.1, 0.15) is 6.33 Å². The Morgan fingerprint density at radius 3 is 3.00 bits per heavy atom. The van der Waals surface area contributed by atoms with Crippen molar-refractivity contribution in [1.82, 2.24) is 19.9 Å². The molecule has 0 aliphatic rings. The summed E-state index contributed by atoms with van der Waals surface area (Å²) in [5.74, 6) is 0.303. The molecule has 0 aliphatic carbocycles. The van der Waals surface area contributed by atoms with E-state index < -0.39 is 0 Å². The first-order chi connectivity index (χ1) is 8.76. The van der Waals surface area contributed by atoms with Gasteiger partial charge in [-0.1, -0.05) is 13.8 Å². The topological polar surface area (TPSA) is 59.3 Å². The number of rotatable bonds is 6. The van der Waals surface area contributed by atoms with Crippen molar-refractivity contribution >= 4 is 22.2 Å². The summed E-state index contributed by atoms with van der Waals surface area (Å²) >= 11 is 1.57. The Kier molecular flexibility index (Phi) is 4.30. The van der Waals surface area contributed by atoms with Gasteiger partial charge in [0.25, 0.3) is 0 Å². The summed E-state index contributed by atoms with van der Waals surface area (Å²) in [7, 11) is 0. The van der Waals surface area contributed by atoms with Crippen molar-refractivity contribution < 1.29 is 4.79 Å². The van der Waals surface area contributed by atoms with E-state index in [4.69, 9.17) is 0 Å². The minimum absolute atomic E-state index is 0.141. The van der Waals surface area contributed by atoms with Gasteiger partial charge in [-0.2, -0.15) is 0 Å². The maximum atomic E-state index is 11.8. The average molecular weight is 266 g/mol. The van der Waals surface area contributed by atoms with Crippen LogP contribution in [0.25, 0.3) is 4.96 Å². The van der Waals surface area contributed by atoms with Gasteiger partial charge in [0.05, 0.1) is 0 Å². The first-order valence-corrected chi connectivity index (χ1v) is 7.18. The lowest BCUT2D eigenvalue weighted by molar-refractivity contribution is -0.125. The Morgan fingerprint density at radius 1 is 1.50 bits per heavy atom. The number of aromatic nitrogens is 3. The lowest BCUT2D eigenvalue weighted by atomic mass is 10.0. The van der Waals surface area contributed by atoms with Crippen LogP contribution >= 0.6 is 11.3 Å². The van der Waals surface area contributed by atoms with Crippen LogP contribution in [0.5, 0.6) is 0 Å². The highest BCUT2D eigenvalue weighted by Gasteiger charge is 2.13. The van der Waals surface area contributed by atoms with Crippen LogP contribution in [0, 0.1) is 5.92 Å². The van der Waals surface area contributed by atoms with E-state index >= 15 is 0 Å². The van der Waals surface area contributed by atoms with Crippen molar-refractivity contribution in [3.8, 4) is 0 Å². The molecule has 2 heterocycles. The predicted octanol–water partition coefficient (Wildman–Crippen LogP) is 1.89. The summed E-state index contributed by atoms with van der Waals surface area (Å²) in [4.78, 5) is 12.7. The summed E-state index contributed by atoms with van der Waals surface area (Å²) < 4.78 is 1.97. The van der Waals surface area contributed by atoms with Crippen molar-refractivity contribution in [3.05, 3.63) is 17.4 Å². The molecule has 0 aliphatic heterocycles. The Labute approximate surface area is 110 Å². The Hall–Kier alpha value is -1.43. The third kappa shape index (κ3) is 2.69. The molecular formula is C12H18N4OS. The van der Waals surface area contributed by atoms with Gasteiger partial charge in [-0.3, -0.25) is 9.20 Å². The van der Waals surface area contributed by atoms with Crippen LogP contribution < -0.4 is 5.32 Å². The normalized spacial score (nSPS) is 11.3. The molecule has 2 rings (SSSR count). The number of fused-ring (bicyclic) bond motifs is 1. The lowest BCUT2D eigenvalue weighted by Gasteiger charge is -2.12. The lowest BCUT2D eigenvalue weighted by Crippen LogP contribution is -2.31. The average Bonchev–Trinajstić information content (AvgIpc) is 2.95. The zero-order valence-electron chi connectivity index (χ0n) is 10.7. The largest absolute Gasteiger partial charge is 0.355 e. The van der Waals surface area contributed by atoms with Gasteiger partial charge >= 0.3 is 0 Å². The molecule has 0 saturated carbocycles. The first kappa shape index (κ1) is 13.0. The van der Waals surface area contributed by atoms with E-state index in [0.717, 1.165) is 29.9 Å². The van der Waals surface area contributed by atoms with Gasteiger partial charge in [0.15, 0.2) is 0 Å². The van der Waals surface area contributed by atoms with Crippen molar-refractivity contribution in [1.29, 1.82) is 0 Å². The SMILES string of the molecule is CCC(CC)C(=O)NCCc1csc2nncn12. The second kappa shape index (κ2) is 5.95. The molecule has 1 amide bonds. The Balaban J connectivity index is 1.86. The van der Waals surface area contributed by atoms with Gasteiger partial charge < -0.3 is 5.32 Å². The van der Waals surface area contributed by atoms with Gasteiger partial charge in [0.2, 0.25) is 10.9 Å². The molecule has 2 aromatic heterocycles. The monoisotopic (exact) mass is 266 g/mol.